The molecular formula is C52H71N19O10. The van der Waals surface area contributed by atoms with Crippen LogP contribution in [0, 0.1) is 0 Å². The molecule has 434 valence electrons. The first-order valence-electron chi connectivity index (χ1n) is 26.3. The zero-order valence-corrected chi connectivity index (χ0v) is 44.7. The zero-order valence-electron chi connectivity index (χ0n) is 44.7. The summed E-state index contributed by atoms with van der Waals surface area (Å²) in [6.45, 7) is 0.532. The van der Waals surface area contributed by atoms with Crippen LogP contribution < -0.4 is 65.9 Å². The van der Waals surface area contributed by atoms with Crippen molar-refractivity contribution in [2.75, 3.05) is 32.7 Å². The highest BCUT2D eigenvalue weighted by Gasteiger charge is 2.36. The van der Waals surface area contributed by atoms with E-state index in [9.17, 15) is 48.3 Å². The maximum Gasteiger partial charge on any atom is 0.326 e. The number of nitrogens with zero attached hydrogens (tertiary/aromatic N) is 4. The number of carboxylic acids is 1. The summed E-state index contributed by atoms with van der Waals surface area (Å²) in [7, 11) is 0. The number of imidazole rings is 1. The van der Waals surface area contributed by atoms with E-state index in [-0.39, 0.29) is 82.9 Å². The first-order chi connectivity index (χ1) is 38.8. The van der Waals surface area contributed by atoms with Gasteiger partial charge in [-0.3, -0.25) is 48.3 Å². The molecule has 21 N–H and O–H groups in total. The van der Waals surface area contributed by atoms with Gasteiger partial charge in [0.25, 0.3) is 0 Å². The second-order valence-electron chi connectivity index (χ2n) is 19.5. The number of carbonyl (C=O) groups is 9. The van der Waals surface area contributed by atoms with Gasteiger partial charge in [0.15, 0.2) is 11.9 Å². The number of rotatable bonds is 30. The zero-order chi connectivity index (χ0) is 58.6. The normalized spacial score (nSPS) is 15.2. The number of aromatic nitrogens is 4. The molecule has 3 aromatic heterocycles. The third-order valence-corrected chi connectivity index (χ3v) is 13.4. The fourth-order valence-electron chi connectivity index (χ4n) is 9.20. The van der Waals surface area contributed by atoms with Gasteiger partial charge < -0.3 is 90.8 Å². The highest BCUT2D eigenvalue weighted by atomic mass is 16.4. The van der Waals surface area contributed by atoms with Gasteiger partial charge in [-0.2, -0.15) is 0 Å². The van der Waals surface area contributed by atoms with Crippen molar-refractivity contribution in [3.8, 4) is 0 Å². The van der Waals surface area contributed by atoms with Crippen LogP contribution >= 0.6 is 0 Å². The molecule has 0 bridgehead atoms. The summed E-state index contributed by atoms with van der Waals surface area (Å²) < 4.78 is 0. The lowest BCUT2D eigenvalue weighted by molar-refractivity contribution is -0.148. The fourth-order valence-corrected chi connectivity index (χ4v) is 9.20. The van der Waals surface area contributed by atoms with Crippen LogP contribution in [0.5, 0.6) is 0 Å². The summed E-state index contributed by atoms with van der Waals surface area (Å²) in [6, 6.07) is 5.83. The summed E-state index contributed by atoms with van der Waals surface area (Å²) in [5.74, 6) is -7.68. The molecule has 1 aliphatic rings. The van der Waals surface area contributed by atoms with Crippen LogP contribution in [0.1, 0.15) is 62.3 Å². The number of nitrogens with one attached hydrogen (secondary N) is 10. The SMILES string of the molecule is CC(N)C(=O)NC(CCCN=C(N)N)C(=O)NC(Cc1c[nH]c2ccccc12)C(=O)NCC(=O)NC(Cc1c[nH]c2ccccc12)C(=O)NC(CCCN=C(N)N)C(=O)NC(Cc1cnc[nH]1)C(=O)NCC(=O)N1CCCC1C(=O)O. The molecule has 81 heavy (non-hydrogen) atoms. The van der Waals surface area contributed by atoms with Gasteiger partial charge in [-0.25, -0.2) is 9.78 Å². The van der Waals surface area contributed by atoms with E-state index in [0.29, 0.717) is 23.2 Å². The van der Waals surface area contributed by atoms with Gasteiger partial charge >= 0.3 is 5.97 Å². The van der Waals surface area contributed by atoms with Crippen LogP contribution in [-0.4, -0.2) is 170 Å². The van der Waals surface area contributed by atoms with E-state index in [0.717, 1.165) is 21.8 Å². The molecule has 1 fully saturated rings. The van der Waals surface area contributed by atoms with Gasteiger partial charge in [-0.1, -0.05) is 36.4 Å². The number of hydrogen-bond acceptors (Lipinski definition) is 13. The number of para-hydroxylation sites is 2. The third-order valence-electron chi connectivity index (χ3n) is 13.4. The summed E-state index contributed by atoms with van der Waals surface area (Å²) in [4.78, 5) is 145. The average molecular weight is 1120 g/mol. The lowest BCUT2D eigenvalue weighted by Gasteiger charge is -2.26. The van der Waals surface area contributed by atoms with Crippen molar-refractivity contribution in [1.29, 1.82) is 0 Å². The van der Waals surface area contributed by atoms with Crippen molar-refractivity contribution in [2.45, 2.75) is 107 Å². The van der Waals surface area contributed by atoms with E-state index in [1.165, 1.54) is 24.3 Å². The average Bonchev–Trinajstić information content (AvgIpc) is 4.49. The van der Waals surface area contributed by atoms with Crippen molar-refractivity contribution in [2.24, 2.45) is 38.7 Å². The largest absolute Gasteiger partial charge is 0.480 e. The molecule has 2 aromatic carbocycles. The number of amides is 8. The molecular weight excluding hydrogens is 1050 g/mol. The minimum absolute atomic E-state index is 0.0363. The van der Waals surface area contributed by atoms with Gasteiger partial charge in [0.1, 0.15) is 36.3 Å². The molecule has 0 aliphatic carbocycles. The Morgan fingerprint density at radius 2 is 1.12 bits per heavy atom. The molecule has 4 heterocycles. The van der Waals surface area contributed by atoms with Crippen molar-refractivity contribution in [3.05, 3.63) is 90.3 Å². The lowest BCUT2D eigenvalue weighted by atomic mass is 10.0. The van der Waals surface area contributed by atoms with Crippen molar-refractivity contribution >= 4 is 87.0 Å². The maximum atomic E-state index is 14.7. The molecule has 7 atom stereocenters. The summed E-state index contributed by atoms with van der Waals surface area (Å²) in [5.41, 5.74) is 31.0. The highest BCUT2D eigenvalue weighted by Crippen LogP contribution is 2.22. The highest BCUT2D eigenvalue weighted by molar-refractivity contribution is 5.98. The molecule has 29 heteroatoms. The molecule has 1 saturated heterocycles. The predicted molar refractivity (Wildman–Crippen MR) is 298 cm³/mol. The molecule has 7 unspecified atom stereocenters. The fraction of sp³-hybridized carbons (Fsp3) is 0.423. The Balaban J connectivity index is 1.22. The second-order valence-corrected chi connectivity index (χ2v) is 19.5. The molecule has 0 spiro atoms. The molecule has 0 saturated carbocycles. The van der Waals surface area contributed by atoms with E-state index >= 15 is 0 Å². The monoisotopic (exact) mass is 1120 g/mol. The molecule has 5 aromatic rings. The Kier molecular flexibility index (Phi) is 22.1. The number of aromatic amines is 3. The Bertz CT molecular complexity index is 3070. The number of benzene rings is 2. The third kappa shape index (κ3) is 18.0. The molecule has 1 aliphatic heterocycles. The van der Waals surface area contributed by atoms with E-state index < -0.39 is 109 Å². The van der Waals surface area contributed by atoms with Crippen LogP contribution in [0.4, 0.5) is 0 Å². The number of fused-ring (bicyclic) bond motifs is 2. The van der Waals surface area contributed by atoms with E-state index in [1.54, 1.807) is 24.5 Å². The summed E-state index contributed by atoms with van der Waals surface area (Å²) in [5, 5.41) is 29.6. The molecule has 0 radical (unpaired) electrons. The number of H-pyrrole nitrogens is 3. The quantitative estimate of drug-likeness (QED) is 0.0121. The van der Waals surface area contributed by atoms with Crippen molar-refractivity contribution in [1.82, 2.24) is 62.1 Å². The predicted octanol–water partition coefficient (Wildman–Crippen LogP) is -3.41. The number of carboxylic acid groups (broad SMARTS) is 1. The Morgan fingerprint density at radius 3 is 1.63 bits per heavy atom. The van der Waals surface area contributed by atoms with Crippen LogP contribution in [0.25, 0.3) is 21.8 Å². The molecule has 6 rings (SSSR count). The number of likely N-dealkylation sites (tertiary alicyclic amines) is 1. The second kappa shape index (κ2) is 29.4. The molecule has 29 nitrogen and oxygen atoms in total. The Morgan fingerprint density at radius 1 is 0.642 bits per heavy atom. The van der Waals surface area contributed by atoms with E-state index in [2.05, 4.69) is 67.1 Å². The lowest BCUT2D eigenvalue weighted by Crippen LogP contribution is -2.59. The Labute approximate surface area is 464 Å². The van der Waals surface area contributed by atoms with Crippen molar-refractivity contribution in [3.63, 3.8) is 0 Å². The topological polar surface area (TPSA) is 476 Å². The number of nitrogens with two attached hydrogens (primary N) is 5. The maximum absolute atomic E-state index is 14.7. The molecule has 8 amide bonds. The van der Waals surface area contributed by atoms with Gasteiger partial charge in [-0.05, 0) is 68.7 Å². The summed E-state index contributed by atoms with van der Waals surface area (Å²) >= 11 is 0. The number of aliphatic imine (C=N–C) groups is 2. The van der Waals surface area contributed by atoms with E-state index in [4.69, 9.17) is 28.7 Å². The van der Waals surface area contributed by atoms with Gasteiger partial charge in [0.2, 0.25) is 47.3 Å². The number of aliphatic carboxylic acids is 1. The van der Waals surface area contributed by atoms with Crippen LogP contribution in [0.15, 0.2) is 83.4 Å². The van der Waals surface area contributed by atoms with E-state index in [1.807, 2.05) is 36.4 Å². The standard InChI is InChI=1S/C52H71N19O10/c1-28(53)44(74)67-36(13-6-16-59-51(54)55)47(77)69-38(19-29-22-61-34-11-4-2-9-32(29)34)45(75)63-25-42(72)66-39(20-30-23-62-35-12-5-3-10-33(30)35)49(79)68-37(14-7-17-60-52(56)57)48(78)70-40(21-31-24-58-27-65-31)46(76)64-26-43(73)71-18-8-15-41(71)50(80)81/h2-5,9-12,22-24,27-28,36-41,61-62H,6-8,13-21,25-26,53H2,1H3,(H,58,65)(H,63,75)(H,64,76)(H,66,72)(H,67,74)(H,68,79)(H,69,77)(H,70,78)(H,80,81)(H4,54,55,59)(H4,56,57,60). The number of guanidine groups is 2. The summed E-state index contributed by atoms with van der Waals surface area (Å²) in [6.07, 6.45) is 6.88. The first-order valence-corrected chi connectivity index (χ1v) is 26.3. The minimum Gasteiger partial charge on any atom is -0.480 e. The van der Waals surface area contributed by atoms with Gasteiger partial charge in [0, 0.05) is 85.0 Å². The Hall–Kier alpha value is -9.54. The number of carbonyl (C=O) groups excluding carboxylic acids is 8. The van der Waals surface area contributed by atoms with Crippen LogP contribution in [0.3, 0.4) is 0 Å². The van der Waals surface area contributed by atoms with Gasteiger partial charge in [-0.15, -0.1) is 0 Å². The van der Waals surface area contributed by atoms with Crippen LogP contribution in [-0.2, 0) is 62.4 Å². The van der Waals surface area contributed by atoms with Gasteiger partial charge in [0.05, 0.1) is 25.5 Å². The minimum atomic E-state index is -1.41. The van der Waals surface area contributed by atoms with Crippen LogP contribution in [0.2, 0.25) is 0 Å². The number of hydrogen-bond donors (Lipinski definition) is 16. The van der Waals surface area contributed by atoms with Crippen molar-refractivity contribution < 1.29 is 48.3 Å². The first kappa shape index (κ1) is 60.7. The smallest absolute Gasteiger partial charge is 0.326 e.